The summed E-state index contributed by atoms with van der Waals surface area (Å²) < 4.78 is 5.73. The van der Waals surface area contributed by atoms with Gasteiger partial charge in [-0.25, -0.2) is 10.4 Å². The molecule has 5 bridgehead atoms. The van der Waals surface area contributed by atoms with Gasteiger partial charge in [0.25, 0.3) is 5.91 Å². The molecule has 220 valence electrons. The summed E-state index contributed by atoms with van der Waals surface area (Å²) in [5.74, 6) is -2.27. The third kappa shape index (κ3) is 6.74. The van der Waals surface area contributed by atoms with E-state index in [0.29, 0.717) is 30.6 Å². The number of carbonyl (C=O) groups excluding carboxylic acids is 4. The van der Waals surface area contributed by atoms with Crippen molar-refractivity contribution in [2.24, 2.45) is 11.3 Å². The number of ether oxygens (including phenoxy) is 1. The Bertz CT molecular complexity index is 1360. The topological polar surface area (TPSA) is 150 Å². The first kappa shape index (κ1) is 30.1. The van der Waals surface area contributed by atoms with Crippen LogP contribution in [0.2, 0.25) is 0 Å². The highest BCUT2D eigenvalue weighted by Crippen LogP contribution is 2.25. The van der Waals surface area contributed by atoms with Gasteiger partial charge in [-0.3, -0.25) is 24.2 Å². The molecule has 1 fully saturated rings. The number of amides is 3. The molecule has 2 aliphatic heterocycles. The lowest BCUT2D eigenvalue weighted by molar-refractivity contribution is -0.157. The Morgan fingerprint density at radius 3 is 2.56 bits per heavy atom. The fourth-order valence-electron chi connectivity index (χ4n) is 4.83. The van der Waals surface area contributed by atoms with Crippen LogP contribution in [0.5, 0.6) is 0 Å². The third-order valence-corrected chi connectivity index (χ3v) is 7.64. The Labute approximate surface area is 239 Å². The number of carbonyl (C=O) groups is 4. The average molecular weight is 566 g/mol. The van der Waals surface area contributed by atoms with E-state index in [0.717, 1.165) is 10.9 Å². The van der Waals surface area contributed by atoms with Crippen LogP contribution < -0.4 is 16.1 Å². The monoisotopic (exact) mass is 565 g/mol. The number of cyclic esters (lactones) is 1. The molecule has 3 amide bonds. The van der Waals surface area contributed by atoms with Crippen LogP contribution >= 0.6 is 0 Å². The van der Waals surface area contributed by atoms with Gasteiger partial charge in [-0.05, 0) is 57.2 Å². The van der Waals surface area contributed by atoms with E-state index in [4.69, 9.17) is 9.72 Å². The maximum absolute atomic E-state index is 13.4. The van der Waals surface area contributed by atoms with Crippen LogP contribution in [-0.4, -0.2) is 70.1 Å². The third-order valence-electron chi connectivity index (χ3n) is 7.64. The lowest BCUT2D eigenvalue weighted by Crippen LogP contribution is -2.61. The number of aliphatic hydroxyl groups excluding tert-OH is 1. The van der Waals surface area contributed by atoms with Crippen molar-refractivity contribution in [3.05, 3.63) is 47.7 Å². The largest absolute Gasteiger partial charge is 0.455 e. The Morgan fingerprint density at radius 2 is 1.85 bits per heavy atom. The van der Waals surface area contributed by atoms with Crippen LogP contribution in [-0.2, 0) is 23.9 Å². The molecule has 41 heavy (non-hydrogen) atoms. The number of aromatic nitrogens is 1. The molecule has 4 rings (SSSR count). The molecule has 11 heteroatoms. The minimum atomic E-state index is -1.33. The number of fused-ring (bicyclic) bond motifs is 4. The number of nitrogens with one attached hydrogen (secondary N) is 3. The van der Waals surface area contributed by atoms with Gasteiger partial charge in [-0.1, -0.05) is 44.2 Å². The Hall–Kier alpha value is -3.83. The summed E-state index contributed by atoms with van der Waals surface area (Å²) in [7, 11) is 0. The molecule has 1 saturated heterocycles. The second-order valence-electron chi connectivity index (χ2n) is 11.4. The highest BCUT2D eigenvalue weighted by molar-refractivity contribution is 5.94. The van der Waals surface area contributed by atoms with Gasteiger partial charge in [0.1, 0.15) is 24.2 Å². The summed E-state index contributed by atoms with van der Waals surface area (Å²) in [6.45, 7) is 8.31. The molecule has 11 nitrogen and oxygen atoms in total. The SMILES string of the molecule is CC(C)C1NC(=O)[C@](C)(CO)/C=C/c2ccc3ccc(nc3c2)[C@@H](C)OC(=O)[C@@H]2CCCN(N2)C(=O)[C@H](C)NC1=O. The molecular weight excluding hydrogens is 526 g/mol. The van der Waals surface area contributed by atoms with Gasteiger partial charge in [0, 0.05) is 11.9 Å². The van der Waals surface area contributed by atoms with E-state index < -0.39 is 59.9 Å². The van der Waals surface area contributed by atoms with Crippen molar-refractivity contribution in [1.29, 1.82) is 0 Å². The van der Waals surface area contributed by atoms with Crippen molar-refractivity contribution in [1.82, 2.24) is 26.1 Å². The standard InChI is InChI=1S/C30H39N5O6/c1-17(2)25-26(37)31-18(3)27(38)35-14-6-7-23(34-35)28(39)41-19(4)22-11-10-21-9-8-20(15-24(21)32-22)12-13-30(5,16-36)29(40)33-25/h8-13,15,17-19,23,25,34,36H,6-7,14,16H2,1-5H3,(H,31,37)(H,33,40)/b13-12+/t18-,19+,23-,25?,30-/m0/s1. The first-order chi connectivity index (χ1) is 19.4. The normalized spacial score (nSPS) is 29.2. The maximum atomic E-state index is 13.4. The Morgan fingerprint density at radius 1 is 1.12 bits per heavy atom. The first-order valence-electron chi connectivity index (χ1n) is 14.0. The Balaban J connectivity index is 1.72. The van der Waals surface area contributed by atoms with Crippen molar-refractivity contribution >= 4 is 40.7 Å². The lowest BCUT2D eigenvalue weighted by Gasteiger charge is -2.35. The van der Waals surface area contributed by atoms with Crippen molar-refractivity contribution < 1.29 is 29.0 Å². The van der Waals surface area contributed by atoms with Crippen LogP contribution in [0.1, 0.15) is 64.8 Å². The van der Waals surface area contributed by atoms with E-state index in [9.17, 15) is 24.3 Å². The number of hydrazine groups is 1. The van der Waals surface area contributed by atoms with E-state index >= 15 is 0 Å². The molecule has 5 atom stereocenters. The van der Waals surface area contributed by atoms with Crippen molar-refractivity contribution in [2.45, 2.75) is 71.7 Å². The van der Waals surface area contributed by atoms with Crippen molar-refractivity contribution in [3.8, 4) is 0 Å². The highest BCUT2D eigenvalue weighted by atomic mass is 16.5. The van der Waals surface area contributed by atoms with E-state index in [1.807, 2.05) is 24.3 Å². The minimum Gasteiger partial charge on any atom is -0.455 e. The molecule has 4 N–H and O–H groups in total. The van der Waals surface area contributed by atoms with Gasteiger partial charge in [0.15, 0.2) is 0 Å². The predicted octanol–water partition coefficient (Wildman–Crippen LogP) is 2.01. The van der Waals surface area contributed by atoms with E-state index in [2.05, 4.69) is 16.1 Å². The summed E-state index contributed by atoms with van der Waals surface area (Å²) in [5.41, 5.74) is 3.62. The number of hydrogen-bond acceptors (Lipinski definition) is 8. The molecule has 1 aromatic heterocycles. The number of benzene rings is 1. The quantitative estimate of drug-likeness (QED) is 0.404. The zero-order valence-electron chi connectivity index (χ0n) is 24.1. The first-order valence-corrected chi connectivity index (χ1v) is 14.0. The van der Waals surface area contributed by atoms with Crippen LogP contribution in [0.4, 0.5) is 0 Å². The minimum absolute atomic E-state index is 0.301. The van der Waals surface area contributed by atoms with Gasteiger partial charge >= 0.3 is 5.97 Å². The number of pyridine rings is 1. The van der Waals surface area contributed by atoms with Gasteiger partial charge in [0.2, 0.25) is 11.8 Å². The number of aliphatic hydroxyl groups is 1. The number of rotatable bonds is 2. The number of nitrogens with zero attached hydrogens (tertiary/aromatic N) is 2. The molecule has 1 unspecified atom stereocenters. The molecule has 0 radical (unpaired) electrons. The molecule has 2 aromatic rings. The molecule has 0 spiro atoms. The highest BCUT2D eigenvalue weighted by Gasteiger charge is 2.36. The second-order valence-corrected chi connectivity index (χ2v) is 11.4. The maximum Gasteiger partial charge on any atom is 0.325 e. The van der Waals surface area contributed by atoms with E-state index in [1.54, 1.807) is 52.8 Å². The zero-order valence-corrected chi connectivity index (χ0v) is 24.1. The van der Waals surface area contributed by atoms with Gasteiger partial charge in [-0.2, -0.15) is 0 Å². The summed E-state index contributed by atoms with van der Waals surface area (Å²) in [6, 6.07) is 6.70. The summed E-state index contributed by atoms with van der Waals surface area (Å²) >= 11 is 0. The zero-order chi connectivity index (χ0) is 29.9. The lowest BCUT2D eigenvalue weighted by atomic mass is 9.88. The summed E-state index contributed by atoms with van der Waals surface area (Å²) in [6.07, 6.45) is 3.74. The summed E-state index contributed by atoms with van der Waals surface area (Å²) in [5, 5.41) is 17.9. The van der Waals surface area contributed by atoms with Crippen LogP contribution in [0.15, 0.2) is 36.4 Å². The summed E-state index contributed by atoms with van der Waals surface area (Å²) in [4.78, 5) is 57.5. The molecule has 1 aromatic carbocycles. The predicted molar refractivity (Wildman–Crippen MR) is 153 cm³/mol. The van der Waals surface area contributed by atoms with Gasteiger partial charge in [0.05, 0.1) is 23.2 Å². The molecule has 3 heterocycles. The number of hydrogen-bond donors (Lipinski definition) is 4. The second kappa shape index (κ2) is 12.4. The smallest absolute Gasteiger partial charge is 0.325 e. The Kier molecular flexibility index (Phi) is 9.08. The molecule has 0 aliphatic carbocycles. The van der Waals surface area contributed by atoms with Crippen LogP contribution in [0, 0.1) is 11.3 Å². The molecular formula is C30H39N5O6. The van der Waals surface area contributed by atoms with E-state index in [-0.39, 0.29) is 5.92 Å². The fourth-order valence-corrected chi connectivity index (χ4v) is 4.83. The van der Waals surface area contributed by atoms with Crippen LogP contribution in [0.3, 0.4) is 0 Å². The van der Waals surface area contributed by atoms with Gasteiger partial charge < -0.3 is 20.5 Å². The van der Waals surface area contributed by atoms with E-state index in [1.165, 1.54) is 5.01 Å². The van der Waals surface area contributed by atoms with Crippen molar-refractivity contribution in [3.63, 3.8) is 0 Å². The molecule has 2 aliphatic rings. The van der Waals surface area contributed by atoms with Gasteiger partial charge in [-0.15, -0.1) is 0 Å². The molecule has 0 saturated carbocycles. The number of esters is 1. The fraction of sp³-hybridized carbons (Fsp3) is 0.500. The average Bonchev–Trinajstić information content (AvgIpc) is 2.96. The van der Waals surface area contributed by atoms with Crippen molar-refractivity contribution in [2.75, 3.05) is 13.2 Å². The van der Waals surface area contributed by atoms with Crippen LogP contribution in [0.25, 0.3) is 17.0 Å².